The third-order valence-corrected chi connectivity index (χ3v) is 6.16. The fraction of sp³-hybridized carbons (Fsp3) is 0.292. The molecule has 1 amide bonds. The van der Waals surface area contributed by atoms with Crippen molar-refractivity contribution in [2.45, 2.75) is 32.3 Å². The van der Waals surface area contributed by atoms with Gasteiger partial charge in [-0.25, -0.2) is 9.37 Å². The molecule has 7 nitrogen and oxygen atoms in total. The number of rotatable bonds is 9. The highest BCUT2D eigenvalue weighted by molar-refractivity contribution is 7.06. The van der Waals surface area contributed by atoms with Gasteiger partial charge in [-0.15, -0.1) is 0 Å². The average molecular weight is 465 g/mol. The van der Waals surface area contributed by atoms with Crippen LogP contribution in [0, 0.1) is 23.1 Å². The zero-order valence-electron chi connectivity index (χ0n) is 17.9. The van der Waals surface area contributed by atoms with Gasteiger partial charge in [0.2, 0.25) is 0 Å². The average Bonchev–Trinajstić information content (AvgIpc) is 3.55. The molecule has 0 radical (unpaired) electrons. The Balaban J connectivity index is 1.40. The SMILES string of the molecule is C[C@@H](Oc1ccc(C(=O)C2CC2)nc1)c1cc(-c2ccc(C(=O)NCCC#N)c(F)c2)ns1. The number of benzene rings is 1. The van der Waals surface area contributed by atoms with E-state index < -0.39 is 11.7 Å². The number of hydrogen-bond acceptors (Lipinski definition) is 7. The van der Waals surface area contributed by atoms with E-state index >= 15 is 0 Å². The molecule has 0 spiro atoms. The lowest BCUT2D eigenvalue weighted by molar-refractivity contribution is 0.0946. The fourth-order valence-corrected chi connectivity index (χ4v) is 3.94. The summed E-state index contributed by atoms with van der Waals surface area (Å²) < 4.78 is 24.8. The Morgan fingerprint density at radius 2 is 2.12 bits per heavy atom. The predicted molar refractivity (Wildman–Crippen MR) is 120 cm³/mol. The maximum Gasteiger partial charge on any atom is 0.254 e. The number of amides is 1. The Labute approximate surface area is 194 Å². The Hall–Kier alpha value is -3.64. The lowest BCUT2D eigenvalue weighted by atomic mass is 10.1. The highest BCUT2D eigenvalue weighted by Crippen LogP contribution is 2.33. The lowest BCUT2D eigenvalue weighted by Crippen LogP contribution is -2.25. The Morgan fingerprint density at radius 3 is 2.79 bits per heavy atom. The number of ketones is 1. The van der Waals surface area contributed by atoms with E-state index in [-0.39, 0.29) is 36.3 Å². The second kappa shape index (κ2) is 9.88. The van der Waals surface area contributed by atoms with Crippen molar-refractivity contribution in [3.63, 3.8) is 0 Å². The van der Waals surface area contributed by atoms with Crippen LogP contribution in [0.1, 0.15) is 58.0 Å². The molecule has 9 heteroatoms. The maximum absolute atomic E-state index is 14.5. The molecular weight excluding hydrogens is 443 g/mol. The summed E-state index contributed by atoms with van der Waals surface area (Å²) in [6.07, 6.45) is 3.26. The number of nitrogens with zero attached hydrogens (tertiary/aromatic N) is 3. The molecule has 2 heterocycles. The first-order valence-corrected chi connectivity index (χ1v) is 11.3. The minimum Gasteiger partial charge on any atom is -0.484 e. The molecule has 168 valence electrons. The van der Waals surface area contributed by atoms with E-state index in [0.29, 0.717) is 22.7 Å². The topological polar surface area (TPSA) is 105 Å². The molecule has 1 atom stereocenters. The van der Waals surface area contributed by atoms with Gasteiger partial charge in [0.05, 0.1) is 34.8 Å². The molecule has 0 bridgehead atoms. The van der Waals surface area contributed by atoms with E-state index in [4.69, 9.17) is 10.00 Å². The lowest BCUT2D eigenvalue weighted by Gasteiger charge is -2.12. The molecule has 1 aliphatic rings. The van der Waals surface area contributed by atoms with Gasteiger partial charge in [-0.2, -0.15) is 9.64 Å². The summed E-state index contributed by atoms with van der Waals surface area (Å²) >= 11 is 1.24. The van der Waals surface area contributed by atoms with Crippen LogP contribution in [0.15, 0.2) is 42.6 Å². The molecule has 33 heavy (non-hydrogen) atoms. The van der Waals surface area contributed by atoms with E-state index in [0.717, 1.165) is 17.7 Å². The number of nitrogens with one attached hydrogen (secondary N) is 1. The van der Waals surface area contributed by atoms with E-state index in [1.54, 1.807) is 24.4 Å². The van der Waals surface area contributed by atoms with Gasteiger partial charge in [0.15, 0.2) is 5.78 Å². The largest absolute Gasteiger partial charge is 0.484 e. The van der Waals surface area contributed by atoms with E-state index in [1.165, 1.54) is 23.7 Å². The molecule has 0 unspecified atom stereocenters. The van der Waals surface area contributed by atoms with Crippen molar-refractivity contribution in [3.05, 3.63) is 64.5 Å². The monoisotopic (exact) mass is 464 g/mol. The summed E-state index contributed by atoms with van der Waals surface area (Å²) in [5.74, 6) is -0.473. The van der Waals surface area contributed by atoms with E-state index in [9.17, 15) is 14.0 Å². The smallest absolute Gasteiger partial charge is 0.254 e. The number of carbonyl (C=O) groups excluding carboxylic acids is 2. The number of pyridine rings is 1. The zero-order chi connectivity index (χ0) is 23.4. The molecule has 0 aliphatic heterocycles. The molecular formula is C24H21FN4O3S. The number of ether oxygens (including phenoxy) is 1. The molecule has 1 N–H and O–H groups in total. The van der Waals surface area contributed by atoms with Crippen LogP contribution in [-0.4, -0.2) is 27.6 Å². The summed E-state index contributed by atoms with van der Waals surface area (Å²) in [4.78, 5) is 29.2. The van der Waals surface area contributed by atoms with Crippen molar-refractivity contribution in [1.29, 1.82) is 5.26 Å². The van der Waals surface area contributed by atoms with Crippen LogP contribution < -0.4 is 10.1 Å². The number of Topliss-reactive ketones (excluding diaryl/α,β-unsaturated/α-hetero) is 1. The van der Waals surface area contributed by atoms with Gasteiger partial charge in [-0.05, 0) is 61.6 Å². The standard InChI is InChI=1S/C24H21FN4O3S/c1-14(32-17-6-8-20(28-13-17)23(30)15-3-4-15)22-12-21(29-33-22)16-5-7-18(19(25)11-16)24(31)27-10-2-9-26/h5-8,11-15H,2-4,10H2,1H3,(H,27,31)/t14-/m1/s1. The Morgan fingerprint density at radius 1 is 1.30 bits per heavy atom. The third kappa shape index (κ3) is 5.41. The number of aromatic nitrogens is 2. The van der Waals surface area contributed by atoms with Gasteiger partial charge in [-0.1, -0.05) is 6.07 Å². The van der Waals surface area contributed by atoms with Crippen molar-refractivity contribution in [3.8, 4) is 23.1 Å². The van der Waals surface area contributed by atoms with Gasteiger partial charge in [0.25, 0.3) is 5.91 Å². The van der Waals surface area contributed by atoms with Crippen LogP contribution in [0.5, 0.6) is 5.75 Å². The van der Waals surface area contributed by atoms with Crippen LogP contribution in [0.4, 0.5) is 4.39 Å². The van der Waals surface area contributed by atoms with Gasteiger partial charge < -0.3 is 10.1 Å². The zero-order valence-corrected chi connectivity index (χ0v) is 18.7. The normalized spacial score (nSPS) is 13.7. The second-order valence-electron chi connectivity index (χ2n) is 7.75. The summed E-state index contributed by atoms with van der Waals surface area (Å²) in [7, 11) is 0. The Bertz CT molecular complexity index is 1220. The van der Waals surface area contributed by atoms with Crippen molar-refractivity contribution in [1.82, 2.24) is 14.7 Å². The van der Waals surface area contributed by atoms with Crippen LogP contribution in [-0.2, 0) is 0 Å². The molecule has 1 saturated carbocycles. The van der Waals surface area contributed by atoms with Crippen molar-refractivity contribution < 1.29 is 18.7 Å². The predicted octanol–water partition coefficient (Wildman–Crippen LogP) is 4.72. The summed E-state index contributed by atoms with van der Waals surface area (Å²) in [5, 5.41) is 11.0. The quantitative estimate of drug-likeness (QED) is 0.363. The first kappa shape index (κ1) is 22.6. The van der Waals surface area contributed by atoms with Gasteiger partial charge in [-0.3, -0.25) is 9.59 Å². The number of halogens is 1. The fourth-order valence-electron chi connectivity index (χ4n) is 3.22. The minimum atomic E-state index is -0.660. The van der Waals surface area contributed by atoms with Crippen molar-refractivity contribution in [2.24, 2.45) is 5.92 Å². The molecule has 0 saturated heterocycles. The molecule has 1 fully saturated rings. The summed E-state index contributed by atoms with van der Waals surface area (Å²) in [6, 6.07) is 11.4. The highest BCUT2D eigenvalue weighted by Gasteiger charge is 2.31. The van der Waals surface area contributed by atoms with Crippen LogP contribution in [0.25, 0.3) is 11.3 Å². The van der Waals surface area contributed by atoms with Crippen LogP contribution in [0.3, 0.4) is 0 Å². The van der Waals surface area contributed by atoms with Gasteiger partial charge in [0, 0.05) is 18.0 Å². The molecule has 4 rings (SSSR count). The molecule has 1 aromatic carbocycles. The third-order valence-electron chi connectivity index (χ3n) is 5.21. The first-order chi connectivity index (χ1) is 16.0. The first-order valence-electron chi connectivity index (χ1n) is 10.5. The summed E-state index contributed by atoms with van der Waals surface area (Å²) in [5.41, 5.74) is 1.49. The Kier molecular flexibility index (Phi) is 6.75. The van der Waals surface area contributed by atoms with Gasteiger partial charge in [0.1, 0.15) is 23.4 Å². The molecule has 3 aromatic rings. The summed E-state index contributed by atoms with van der Waals surface area (Å²) in [6.45, 7) is 2.04. The molecule has 1 aliphatic carbocycles. The van der Waals surface area contributed by atoms with E-state index in [1.807, 2.05) is 19.1 Å². The second-order valence-corrected chi connectivity index (χ2v) is 8.59. The number of nitriles is 1. The van der Waals surface area contributed by atoms with Crippen LogP contribution in [0.2, 0.25) is 0 Å². The number of carbonyl (C=O) groups is 2. The van der Waals surface area contributed by atoms with Crippen molar-refractivity contribution >= 4 is 23.2 Å². The van der Waals surface area contributed by atoms with Crippen molar-refractivity contribution in [2.75, 3.05) is 6.54 Å². The minimum absolute atomic E-state index is 0.0830. The molecule has 2 aromatic heterocycles. The van der Waals surface area contributed by atoms with Crippen LogP contribution >= 0.6 is 11.5 Å². The van der Waals surface area contributed by atoms with Gasteiger partial charge >= 0.3 is 0 Å². The van der Waals surface area contributed by atoms with E-state index in [2.05, 4.69) is 14.7 Å². The number of hydrogen-bond donors (Lipinski definition) is 1. The highest BCUT2D eigenvalue weighted by atomic mass is 32.1. The maximum atomic E-state index is 14.5.